The molecule has 0 bridgehead atoms. The van der Waals surface area contributed by atoms with Crippen molar-refractivity contribution in [2.75, 3.05) is 26.2 Å². The van der Waals surface area contributed by atoms with Crippen LogP contribution in [-0.4, -0.2) is 43.1 Å². The number of hydrogen-bond acceptors (Lipinski definition) is 5. The van der Waals surface area contributed by atoms with E-state index in [2.05, 4.69) is 45.3 Å². The highest BCUT2D eigenvalue weighted by atomic mass is 35.5. The van der Waals surface area contributed by atoms with Crippen LogP contribution in [-0.2, 0) is 11.3 Å². The molecule has 0 aliphatic carbocycles. The first kappa shape index (κ1) is 22.1. The normalized spacial score (nSPS) is 22.4. The fourth-order valence-electron chi connectivity index (χ4n) is 4.43. The summed E-state index contributed by atoms with van der Waals surface area (Å²) in [6.07, 6.45) is 1.96. The molecule has 2 aliphatic rings. The molecule has 2 aromatic rings. The van der Waals surface area contributed by atoms with Crippen LogP contribution in [0.1, 0.15) is 36.9 Å². The van der Waals surface area contributed by atoms with E-state index >= 15 is 0 Å². The summed E-state index contributed by atoms with van der Waals surface area (Å²) in [6.45, 7) is 6.06. The summed E-state index contributed by atoms with van der Waals surface area (Å²) in [7, 11) is 0. The van der Waals surface area contributed by atoms with E-state index in [1.807, 2.05) is 31.2 Å². The van der Waals surface area contributed by atoms with Crippen molar-refractivity contribution in [1.29, 1.82) is 0 Å². The largest absolute Gasteiger partial charge is 0.492 e. The van der Waals surface area contributed by atoms with Gasteiger partial charge in [-0.25, -0.2) is 5.43 Å². The molecule has 2 atom stereocenters. The van der Waals surface area contributed by atoms with Gasteiger partial charge in [-0.05, 0) is 43.0 Å². The lowest BCUT2D eigenvalue weighted by atomic mass is 9.93. The van der Waals surface area contributed by atoms with Crippen molar-refractivity contribution >= 4 is 17.5 Å². The van der Waals surface area contributed by atoms with Crippen LogP contribution in [0.15, 0.2) is 48.5 Å². The lowest BCUT2D eigenvalue weighted by Gasteiger charge is -2.33. The molecule has 2 aromatic carbocycles. The molecule has 4 rings (SSSR count). The molecule has 31 heavy (non-hydrogen) atoms. The summed E-state index contributed by atoms with van der Waals surface area (Å²) in [5.74, 6) is 0.576. The van der Waals surface area contributed by atoms with E-state index in [4.69, 9.17) is 16.3 Å². The van der Waals surface area contributed by atoms with E-state index in [1.165, 1.54) is 5.56 Å². The van der Waals surface area contributed by atoms with E-state index < -0.39 is 0 Å². The number of amides is 1. The van der Waals surface area contributed by atoms with Gasteiger partial charge in [0.1, 0.15) is 5.75 Å². The molecular weight excluding hydrogens is 412 g/mol. The lowest BCUT2D eigenvalue weighted by Crippen LogP contribution is -2.47. The van der Waals surface area contributed by atoms with Gasteiger partial charge in [-0.1, -0.05) is 48.0 Å². The number of rotatable bonds is 7. The number of ether oxygens (including phenoxy) is 1. The first-order chi connectivity index (χ1) is 15.1. The number of carbonyl (C=O) groups excluding carboxylic acids is 1. The van der Waals surface area contributed by atoms with Gasteiger partial charge in [0.25, 0.3) is 0 Å². The maximum absolute atomic E-state index is 13.1. The van der Waals surface area contributed by atoms with Crippen molar-refractivity contribution in [3.8, 4) is 5.75 Å². The summed E-state index contributed by atoms with van der Waals surface area (Å²) in [5, 5.41) is 3.86. The first-order valence-corrected chi connectivity index (χ1v) is 11.5. The Kier molecular flexibility index (Phi) is 7.45. The van der Waals surface area contributed by atoms with Gasteiger partial charge in [-0.3, -0.25) is 15.1 Å². The maximum atomic E-state index is 13.1. The second-order valence-corrected chi connectivity index (χ2v) is 8.68. The van der Waals surface area contributed by atoms with Crippen molar-refractivity contribution in [3.63, 3.8) is 0 Å². The molecule has 0 radical (unpaired) electrons. The summed E-state index contributed by atoms with van der Waals surface area (Å²) < 4.78 is 5.52. The second-order valence-electron chi connectivity index (χ2n) is 8.28. The summed E-state index contributed by atoms with van der Waals surface area (Å²) in [6, 6.07) is 16.4. The van der Waals surface area contributed by atoms with Crippen LogP contribution in [0, 0.1) is 5.92 Å². The van der Waals surface area contributed by atoms with Crippen molar-refractivity contribution in [1.82, 2.24) is 21.1 Å². The van der Waals surface area contributed by atoms with Crippen LogP contribution >= 0.6 is 11.6 Å². The standard InChI is InChI=1S/C24H31ClN4O2/c1-2-31-22-9-8-18(14-21(22)25)23-20(15-26-28-23)24(30)27-19-10-12-29(13-11-19)16-17-6-4-3-5-7-17/h3-9,14,19-20,23,26,28H,2,10-13,15-16H2,1H3,(H,27,30). The third kappa shape index (κ3) is 5.57. The Morgan fingerprint density at radius 3 is 2.68 bits per heavy atom. The number of nitrogens with one attached hydrogen (secondary N) is 3. The van der Waals surface area contributed by atoms with Crippen LogP contribution in [0.25, 0.3) is 0 Å². The highest BCUT2D eigenvalue weighted by molar-refractivity contribution is 6.32. The quantitative estimate of drug-likeness (QED) is 0.614. The van der Waals surface area contributed by atoms with Crippen LogP contribution in [0.3, 0.4) is 0 Å². The van der Waals surface area contributed by atoms with E-state index in [0.717, 1.165) is 38.0 Å². The Balaban J connectivity index is 1.31. The Morgan fingerprint density at radius 1 is 1.19 bits per heavy atom. The predicted molar refractivity (Wildman–Crippen MR) is 123 cm³/mol. The lowest BCUT2D eigenvalue weighted by molar-refractivity contribution is -0.126. The van der Waals surface area contributed by atoms with Crippen LogP contribution in [0.5, 0.6) is 5.75 Å². The molecular formula is C24H31ClN4O2. The molecule has 2 fully saturated rings. The highest BCUT2D eigenvalue weighted by Gasteiger charge is 2.35. The zero-order valence-electron chi connectivity index (χ0n) is 17.9. The number of nitrogens with zero attached hydrogens (tertiary/aromatic N) is 1. The van der Waals surface area contributed by atoms with Gasteiger partial charge in [-0.2, -0.15) is 0 Å². The average Bonchev–Trinajstić information content (AvgIpc) is 3.28. The number of hydrazine groups is 1. The minimum absolute atomic E-state index is 0.0917. The van der Waals surface area contributed by atoms with Gasteiger partial charge in [0, 0.05) is 32.2 Å². The molecule has 0 saturated carbocycles. The number of carbonyl (C=O) groups is 1. The van der Waals surface area contributed by atoms with Gasteiger partial charge < -0.3 is 10.1 Å². The Labute approximate surface area is 189 Å². The molecule has 2 aliphatic heterocycles. The molecule has 6 nitrogen and oxygen atoms in total. The fraction of sp³-hybridized carbons (Fsp3) is 0.458. The smallest absolute Gasteiger partial charge is 0.226 e. The number of halogens is 1. The minimum atomic E-state index is -0.184. The zero-order valence-corrected chi connectivity index (χ0v) is 18.7. The van der Waals surface area contributed by atoms with E-state index in [-0.39, 0.29) is 23.9 Å². The van der Waals surface area contributed by atoms with E-state index in [0.29, 0.717) is 23.9 Å². The van der Waals surface area contributed by atoms with Gasteiger partial charge in [0.05, 0.1) is 23.6 Å². The summed E-state index contributed by atoms with van der Waals surface area (Å²) in [5.41, 5.74) is 8.70. The molecule has 2 saturated heterocycles. The van der Waals surface area contributed by atoms with Crippen molar-refractivity contribution in [3.05, 3.63) is 64.7 Å². The molecule has 0 spiro atoms. The highest BCUT2D eigenvalue weighted by Crippen LogP contribution is 2.32. The number of hydrogen-bond donors (Lipinski definition) is 3. The minimum Gasteiger partial charge on any atom is -0.492 e. The average molecular weight is 443 g/mol. The van der Waals surface area contributed by atoms with Crippen LogP contribution in [0.4, 0.5) is 0 Å². The van der Waals surface area contributed by atoms with Crippen LogP contribution in [0.2, 0.25) is 5.02 Å². The summed E-state index contributed by atoms with van der Waals surface area (Å²) in [4.78, 5) is 15.5. The molecule has 2 unspecified atom stereocenters. The SMILES string of the molecule is CCOc1ccc(C2NNCC2C(=O)NC2CCN(Cc3ccccc3)CC2)cc1Cl. The van der Waals surface area contributed by atoms with E-state index in [1.54, 1.807) is 0 Å². The third-order valence-corrected chi connectivity index (χ3v) is 6.41. The second kappa shape index (κ2) is 10.5. The van der Waals surface area contributed by atoms with Gasteiger partial charge in [-0.15, -0.1) is 0 Å². The van der Waals surface area contributed by atoms with Crippen molar-refractivity contribution in [2.24, 2.45) is 5.92 Å². The molecule has 2 heterocycles. The maximum Gasteiger partial charge on any atom is 0.226 e. The van der Waals surface area contributed by atoms with Gasteiger partial charge in [0.15, 0.2) is 0 Å². The first-order valence-electron chi connectivity index (χ1n) is 11.1. The fourth-order valence-corrected chi connectivity index (χ4v) is 4.67. The van der Waals surface area contributed by atoms with Gasteiger partial charge in [0.2, 0.25) is 5.91 Å². The Hall–Kier alpha value is -2.12. The zero-order chi connectivity index (χ0) is 21.6. The molecule has 1 amide bonds. The number of likely N-dealkylation sites (tertiary alicyclic amines) is 1. The van der Waals surface area contributed by atoms with Crippen molar-refractivity contribution in [2.45, 2.75) is 38.4 Å². The number of benzene rings is 2. The Bertz CT molecular complexity index is 871. The molecule has 3 N–H and O–H groups in total. The Morgan fingerprint density at radius 2 is 1.97 bits per heavy atom. The monoisotopic (exact) mass is 442 g/mol. The molecule has 166 valence electrons. The summed E-state index contributed by atoms with van der Waals surface area (Å²) >= 11 is 6.36. The third-order valence-electron chi connectivity index (χ3n) is 6.12. The van der Waals surface area contributed by atoms with Crippen molar-refractivity contribution < 1.29 is 9.53 Å². The predicted octanol–water partition coefficient (Wildman–Crippen LogP) is 3.28. The van der Waals surface area contributed by atoms with E-state index in [9.17, 15) is 4.79 Å². The topological polar surface area (TPSA) is 65.6 Å². The van der Waals surface area contributed by atoms with Crippen LogP contribution < -0.4 is 20.9 Å². The molecule has 0 aromatic heterocycles. The number of piperidine rings is 1. The molecule has 7 heteroatoms. The van der Waals surface area contributed by atoms with Gasteiger partial charge >= 0.3 is 0 Å².